The summed E-state index contributed by atoms with van der Waals surface area (Å²) in [6.07, 6.45) is 0. The van der Waals surface area contributed by atoms with Gasteiger partial charge >= 0.3 is 0 Å². The van der Waals surface area contributed by atoms with Crippen molar-refractivity contribution >= 4 is 11.8 Å². The van der Waals surface area contributed by atoms with Crippen molar-refractivity contribution in [1.29, 1.82) is 0 Å². The van der Waals surface area contributed by atoms with Crippen LogP contribution in [0.25, 0.3) is 0 Å². The first kappa shape index (κ1) is 15.0. The Balaban J connectivity index is 2.07. The molecule has 0 bridgehead atoms. The van der Waals surface area contributed by atoms with Crippen LogP contribution in [-0.2, 0) is 0 Å². The van der Waals surface area contributed by atoms with Crippen LogP contribution in [0.1, 0.15) is 17.2 Å². The van der Waals surface area contributed by atoms with Gasteiger partial charge in [-0.1, -0.05) is 18.2 Å². The monoisotopic (exact) mass is 294 g/mol. The molecule has 0 radical (unpaired) electrons. The second-order valence-corrected chi connectivity index (χ2v) is 5.59. The van der Waals surface area contributed by atoms with Crippen molar-refractivity contribution in [3.05, 3.63) is 65.2 Å². The van der Waals surface area contributed by atoms with Crippen molar-refractivity contribution in [2.75, 3.05) is 5.75 Å². The highest BCUT2D eigenvalue weighted by molar-refractivity contribution is 7.99. The number of halogens is 2. The minimum atomic E-state index is -0.270. The van der Waals surface area contributed by atoms with Gasteiger partial charge in [0.25, 0.3) is 0 Å². The van der Waals surface area contributed by atoms with Crippen molar-refractivity contribution in [2.24, 2.45) is 5.84 Å². The number of benzene rings is 2. The number of hydrogen-bond donors (Lipinski definition) is 2. The van der Waals surface area contributed by atoms with E-state index in [4.69, 9.17) is 5.84 Å². The second-order valence-electron chi connectivity index (χ2n) is 4.50. The Labute approximate surface area is 121 Å². The topological polar surface area (TPSA) is 38.0 Å². The van der Waals surface area contributed by atoms with Crippen LogP contribution in [0.4, 0.5) is 8.78 Å². The predicted molar refractivity (Wildman–Crippen MR) is 78.3 cm³/mol. The minimum absolute atomic E-state index is 0.196. The van der Waals surface area contributed by atoms with Crippen LogP contribution in [0, 0.1) is 18.6 Å². The number of hydrogen-bond acceptors (Lipinski definition) is 3. The van der Waals surface area contributed by atoms with E-state index in [0.717, 1.165) is 10.5 Å². The van der Waals surface area contributed by atoms with Gasteiger partial charge in [-0.3, -0.25) is 11.3 Å². The van der Waals surface area contributed by atoms with Gasteiger partial charge in [-0.2, -0.15) is 0 Å². The lowest BCUT2D eigenvalue weighted by molar-refractivity contribution is 0.587. The molecule has 2 nitrogen and oxygen atoms in total. The van der Waals surface area contributed by atoms with Gasteiger partial charge in [-0.25, -0.2) is 8.78 Å². The molecule has 0 amide bonds. The molecule has 1 unspecified atom stereocenters. The zero-order chi connectivity index (χ0) is 14.5. The second kappa shape index (κ2) is 6.83. The Bertz CT molecular complexity index is 590. The first-order chi connectivity index (χ1) is 9.60. The van der Waals surface area contributed by atoms with Crippen LogP contribution in [0.15, 0.2) is 47.4 Å². The van der Waals surface area contributed by atoms with Gasteiger partial charge in [0, 0.05) is 10.6 Å². The van der Waals surface area contributed by atoms with Crippen LogP contribution in [0.3, 0.4) is 0 Å². The lowest BCUT2D eigenvalue weighted by Crippen LogP contribution is -2.29. The third kappa shape index (κ3) is 3.79. The van der Waals surface area contributed by atoms with E-state index in [0.29, 0.717) is 11.3 Å². The summed E-state index contributed by atoms with van der Waals surface area (Å²) < 4.78 is 26.7. The third-order valence-electron chi connectivity index (χ3n) is 3.01. The standard InChI is InChI=1S/C15H16F2N2S/c1-10-5-6-11(7-14(10)17)15(19-18)9-20-13-4-2-3-12(16)8-13/h2-8,15,19H,9,18H2,1H3. The van der Waals surface area contributed by atoms with Gasteiger partial charge in [-0.15, -0.1) is 11.8 Å². The highest BCUT2D eigenvalue weighted by atomic mass is 32.2. The summed E-state index contributed by atoms with van der Waals surface area (Å²) in [6, 6.07) is 11.2. The molecule has 0 saturated carbocycles. The van der Waals surface area contributed by atoms with Crippen molar-refractivity contribution in [3.63, 3.8) is 0 Å². The molecule has 5 heteroatoms. The Morgan fingerprint density at radius 3 is 2.65 bits per heavy atom. The Hall–Kier alpha value is -1.43. The average molecular weight is 294 g/mol. The molecule has 2 rings (SSSR count). The molecule has 2 aromatic carbocycles. The SMILES string of the molecule is Cc1ccc(C(CSc2cccc(F)c2)NN)cc1F. The van der Waals surface area contributed by atoms with E-state index in [2.05, 4.69) is 5.43 Å². The van der Waals surface area contributed by atoms with E-state index in [1.807, 2.05) is 12.1 Å². The first-order valence-electron chi connectivity index (χ1n) is 6.20. The van der Waals surface area contributed by atoms with Crippen LogP contribution in [0.5, 0.6) is 0 Å². The number of aryl methyl sites for hydroxylation is 1. The zero-order valence-corrected chi connectivity index (χ0v) is 11.9. The summed E-state index contributed by atoms with van der Waals surface area (Å²) in [5.74, 6) is 5.59. The van der Waals surface area contributed by atoms with Crippen molar-refractivity contribution in [2.45, 2.75) is 17.9 Å². The van der Waals surface area contributed by atoms with E-state index in [1.165, 1.54) is 30.0 Å². The normalized spacial score (nSPS) is 12.4. The summed E-state index contributed by atoms with van der Waals surface area (Å²) in [5.41, 5.74) is 4.05. The molecule has 0 aromatic heterocycles. The fraction of sp³-hybridized carbons (Fsp3) is 0.200. The summed E-state index contributed by atoms with van der Waals surface area (Å²) >= 11 is 1.47. The molecule has 20 heavy (non-hydrogen) atoms. The molecule has 0 heterocycles. The van der Waals surface area contributed by atoms with E-state index in [1.54, 1.807) is 19.1 Å². The first-order valence-corrected chi connectivity index (χ1v) is 7.19. The number of nitrogens with two attached hydrogens (primary N) is 1. The quantitative estimate of drug-likeness (QED) is 0.503. The number of rotatable bonds is 5. The zero-order valence-electron chi connectivity index (χ0n) is 11.1. The van der Waals surface area contributed by atoms with Crippen LogP contribution < -0.4 is 11.3 Å². The number of hydrazine groups is 1. The smallest absolute Gasteiger partial charge is 0.126 e. The fourth-order valence-electron chi connectivity index (χ4n) is 1.80. The maximum atomic E-state index is 13.6. The number of nitrogens with one attached hydrogen (secondary N) is 1. The molecule has 0 spiro atoms. The van der Waals surface area contributed by atoms with Gasteiger partial charge in [0.15, 0.2) is 0 Å². The van der Waals surface area contributed by atoms with Gasteiger partial charge in [0.05, 0.1) is 6.04 Å². The maximum absolute atomic E-state index is 13.6. The molecule has 2 aromatic rings. The lowest BCUT2D eigenvalue weighted by Gasteiger charge is -2.16. The molecular formula is C15H16F2N2S. The van der Waals surface area contributed by atoms with E-state index >= 15 is 0 Å². The Kier molecular flexibility index (Phi) is 5.11. The molecule has 0 aliphatic heterocycles. The molecule has 0 aliphatic carbocycles. The van der Waals surface area contributed by atoms with Crippen molar-refractivity contribution in [1.82, 2.24) is 5.43 Å². The summed E-state index contributed by atoms with van der Waals surface area (Å²) in [5, 5.41) is 0. The Morgan fingerprint density at radius 2 is 2.00 bits per heavy atom. The van der Waals surface area contributed by atoms with Gasteiger partial charge in [-0.05, 0) is 42.3 Å². The van der Waals surface area contributed by atoms with Gasteiger partial charge < -0.3 is 0 Å². The third-order valence-corrected chi connectivity index (χ3v) is 4.10. The van der Waals surface area contributed by atoms with E-state index in [-0.39, 0.29) is 17.7 Å². The molecular weight excluding hydrogens is 278 g/mol. The molecule has 106 valence electrons. The van der Waals surface area contributed by atoms with Gasteiger partial charge in [0.2, 0.25) is 0 Å². The van der Waals surface area contributed by atoms with Crippen LogP contribution in [0.2, 0.25) is 0 Å². The average Bonchev–Trinajstić information content (AvgIpc) is 2.43. The van der Waals surface area contributed by atoms with E-state index < -0.39 is 0 Å². The lowest BCUT2D eigenvalue weighted by atomic mass is 10.1. The van der Waals surface area contributed by atoms with Crippen LogP contribution in [-0.4, -0.2) is 5.75 Å². The molecule has 3 N–H and O–H groups in total. The van der Waals surface area contributed by atoms with Crippen molar-refractivity contribution in [3.8, 4) is 0 Å². The largest absolute Gasteiger partial charge is 0.271 e. The molecule has 0 saturated heterocycles. The molecule has 0 aliphatic rings. The highest BCUT2D eigenvalue weighted by Crippen LogP contribution is 2.25. The maximum Gasteiger partial charge on any atom is 0.126 e. The van der Waals surface area contributed by atoms with Crippen molar-refractivity contribution < 1.29 is 8.78 Å². The molecule has 1 atom stereocenters. The number of thioether (sulfide) groups is 1. The highest BCUT2D eigenvalue weighted by Gasteiger charge is 2.12. The van der Waals surface area contributed by atoms with Gasteiger partial charge in [0.1, 0.15) is 11.6 Å². The van der Waals surface area contributed by atoms with E-state index in [9.17, 15) is 8.78 Å². The Morgan fingerprint density at radius 1 is 1.20 bits per heavy atom. The summed E-state index contributed by atoms with van der Waals surface area (Å²) in [6.45, 7) is 1.71. The summed E-state index contributed by atoms with van der Waals surface area (Å²) in [4.78, 5) is 0.817. The minimum Gasteiger partial charge on any atom is -0.271 e. The molecule has 0 fully saturated rings. The summed E-state index contributed by atoms with van der Waals surface area (Å²) in [7, 11) is 0. The fourth-order valence-corrected chi connectivity index (χ4v) is 2.82. The predicted octanol–water partition coefficient (Wildman–Crippen LogP) is 3.57. The van der Waals surface area contributed by atoms with Crippen LogP contribution >= 0.6 is 11.8 Å².